The Morgan fingerprint density at radius 3 is 2.36 bits per heavy atom. The SMILES string of the molecule is CCCNCc1ccc(-c2ccc(C)cc2)n(C(C)C)c1=O. The molecule has 0 spiro atoms. The molecule has 118 valence electrons. The molecule has 0 radical (unpaired) electrons. The van der Waals surface area contributed by atoms with Crippen LogP contribution in [0.2, 0.25) is 0 Å². The molecule has 0 unspecified atom stereocenters. The van der Waals surface area contributed by atoms with Gasteiger partial charge in [0.05, 0.1) is 5.69 Å². The van der Waals surface area contributed by atoms with Crippen LogP contribution in [0, 0.1) is 6.92 Å². The monoisotopic (exact) mass is 298 g/mol. The van der Waals surface area contributed by atoms with Crippen molar-refractivity contribution in [1.29, 1.82) is 0 Å². The average molecular weight is 298 g/mol. The van der Waals surface area contributed by atoms with Gasteiger partial charge in [-0.15, -0.1) is 0 Å². The fourth-order valence-electron chi connectivity index (χ4n) is 2.60. The first-order chi connectivity index (χ1) is 10.5. The second-order valence-corrected chi connectivity index (χ2v) is 6.06. The van der Waals surface area contributed by atoms with Gasteiger partial charge in [0.2, 0.25) is 0 Å². The van der Waals surface area contributed by atoms with Crippen molar-refractivity contribution in [2.24, 2.45) is 0 Å². The van der Waals surface area contributed by atoms with Crippen molar-refractivity contribution in [3.05, 3.63) is 57.9 Å². The first kappa shape index (κ1) is 16.5. The lowest BCUT2D eigenvalue weighted by molar-refractivity contribution is 0.573. The third kappa shape index (κ3) is 3.66. The zero-order valence-corrected chi connectivity index (χ0v) is 14.0. The van der Waals surface area contributed by atoms with Gasteiger partial charge in [0.1, 0.15) is 0 Å². The maximum atomic E-state index is 12.8. The van der Waals surface area contributed by atoms with E-state index in [0.717, 1.165) is 29.8 Å². The van der Waals surface area contributed by atoms with Gasteiger partial charge in [-0.2, -0.15) is 0 Å². The highest BCUT2D eigenvalue weighted by Gasteiger charge is 2.12. The third-order valence-corrected chi connectivity index (χ3v) is 3.80. The van der Waals surface area contributed by atoms with E-state index in [2.05, 4.69) is 63.3 Å². The van der Waals surface area contributed by atoms with E-state index in [9.17, 15) is 4.79 Å². The van der Waals surface area contributed by atoms with Crippen LogP contribution in [-0.4, -0.2) is 11.1 Å². The number of rotatable bonds is 6. The largest absolute Gasteiger partial charge is 0.312 e. The van der Waals surface area contributed by atoms with Gasteiger partial charge in [0.15, 0.2) is 0 Å². The predicted molar refractivity (Wildman–Crippen MR) is 93.3 cm³/mol. The summed E-state index contributed by atoms with van der Waals surface area (Å²) in [6.45, 7) is 9.88. The van der Waals surface area contributed by atoms with Crippen molar-refractivity contribution in [3.8, 4) is 11.3 Å². The van der Waals surface area contributed by atoms with E-state index in [4.69, 9.17) is 0 Å². The highest BCUT2D eigenvalue weighted by atomic mass is 16.1. The second kappa shape index (κ2) is 7.41. The minimum atomic E-state index is 0.108. The molecule has 3 nitrogen and oxygen atoms in total. The molecule has 0 amide bonds. The van der Waals surface area contributed by atoms with Crippen LogP contribution in [0.25, 0.3) is 11.3 Å². The summed E-state index contributed by atoms with van der Waals surface area (Å²) < 4.78 is 1.90. The number of aryl methyl sites for hydroxylation is 1. The minimum absolute atomic E-state index is 0.108. The van der Waals surface area contributed by atoms with E-state index in [0.29, 0.717) is 6.54 Å². The normalized spacial score (nSPS) is 11.1. The molecule has 0 aliphatic carbocycles. The Bertz CT molecular complexity index is 669. The van der Waals surface area contributed by atoms with Gasteiger partial charge in [-0.25, -0.2) is 0 Å². The van der Waals surface area contributed by atoms with Crippen LogP contribution < -0.4 is 10.9 Å². The fourth-order valence-corrected chi connectivity index (χ4v) is 2.60. The topological polar surface area (TPSA) is 34.0 Å². The predicted octanol–water partition coefficient (Wildman–Crippen LogP) is 3.90. The first-order valence-electron chi connectivity index (χ1n) is 8.06. The van der Waals surface area contributed by atoms with E-state index in [1.807, 2.05) is 10.6 Å². The molecule has 1 aromatic heterocycles. The summed E-state index contributed by atoms with van der Waals surface area (Å²) in [5, 5.41) is 3.31. The maximum Gasteiger partial charge on any atom is 0.255 e. The van der Waals surface area contributed by atoms with E-state index in [1.54, 1.807) is 0 Å². The van der Waals surface area contributed by atoms with Crippen molar-refractivity contribution >= 4 is 0 Å². The molecule has 22 heavy (non-hydrogen) atoms. The molecule has 2 aromatic rings. The van der Waals surface area contributed by atoms with E-state index < -0.39 is 0 Å². The lowest BCUT2D eigenvalue weighted by atomic mass is 10.1. The number of nitrogens with one attached hydrogen (secondary N) is 1. The maximum absolute atomic E-state index is 12.8. The number of hydrogen-bond acceptors (Lipinski definition) is 2. The summed E-state index contributed by atoms with van der Waals surface area (Å²) in [6.07, 6.45) is 1.07. The summed E-state index contributed by atoms with van der Waals surface area (Å²) in [5.41, 5.74) is 4.24. The Hall–Kier alpha value is -1.87. The molecule has 0 aliphatic rings. The second-order valence-electron chi connectivity index (χ2n) is 6.06. The molecule has 0 fully saturated rings. The summed E-state index contributed by atoms with van der Waals surface area (Å²) in [4.78, 5) is 12.8. The van der Waals surface area contributed by atoms with Crippen LogP contribution in [0.4, 0.5) is 0 Å². The van der Waals surface area contributed by atoms with Crippen LogP contribution in [-0.2, 0) is 6.54 Å². The van der Waals surface area contributed by atoms with Crippen molar-refractivity contribution in [2.45, 2.75) is 46.7 Å². The summed E-state index contributed by atoms with van der Waals surface area (Å²) in [6, 6.07) is 12.5. The van der Waals surface area contributed by atoms with Crippen LogP contribution in [0.15, 0.2) is 41.2 Å². The smallest absolute Gasteiger partial charge is 0.255 e. The van der Waals surface area contributed by atoms with E-state index in [1.165, 1.54) is 5.56 Å². The fraction of sp³-hybridized carbons (Fsp3) is 0.421. The Morgan fingerprint density at radius 2 is 1.77 bits per heavy atom. The number of benzene rings is 1. The van der Waals surface area contributed by atoms with Gasteiger partial charge in [0, 0.05) is 18.2 Å². The lowest BCUT2D eigenvalue weighted by Gasteiger charge is -2.18. The van der Waals surface area contributed by atoms with Crippen LogP contribution in [0.1, 0.15) is 44.4 Å². The Kier molecular flexibility index (Phi) is 5.56. The molecule has 1 N–H and O–H groups in total. The molecule has 0 bridgehead atoms. The minimum Gasteiger partial charge on any atom is -0.312 e. The van der Waals surface area contributed by atoms with Crippen LogP contribution >= 0.6 is 0 Å². The lowest BCUT2D eigenvalue weighted by Crippen LogP contribution is -2.29. The van der Waals surface area contributed by atoms with Gasteiger partial charge in [-0.05, 0) is 45.4 Å². The third-order valence-electron chi connectivity index (χ3n) is 3.80. The van der Waals surface area contributed by atoms with E-state index in [-0.39, 0.29) is 11.6 Å². The highest BCUT2D eigenvalue weighted by Crippen LogP contribution is 2.21. The Morgan fingerprint density at radius 1 is 1.09 bits per heavy atom. The summed E-state index contributed by atoms with van der Waals surface area (Å²) >= 11 is 0. The number of hydrogen-bond donors (Lipinski definition) is 1. The molecular formula is C19H26N2O. The zero-order chi connectivity index (χ0) is 16.1. The van der Waals surface area contributed by atoms with Gasteiger partial charge in [-0.3, -0.25) is 4.79 Å². The molecule has 2 rings (SSSR count). The van der Waals surface area contributed by atoms with Crippen molar-refractivity contribution in [1.82, 2.24) is 9.88 Å². The molecule has 3 heteroatoms. The van der Waals surface area contributed by atoms with Crippen LogP contribution in [0.5, 0.6) is 0 Å². The van der Waals surface area contributed by atoms with Gasteiger partial charge < -0.3 is 9.88 Å². The first-order valence-corrected chi connectivity index (χ1v) is 8.06. The van der Waals surface area contributed by atoms with Crippen molar-refractivity contribution in [3.63, 3.8) is 0 Å². The molecule has 1 heterocycles. The zero-order valence-electron chi connectivity index (χ0n) is 14.0. The Balaban J connectivity index is 2.45. The van der Waals surface area contributed by atoms with E-state index >= 15 is 0 Å². The molecule has 1 aromatic carbocycles. The van der Waals surface area contributed by atoms with Gasteiger partial charge >= 0.3 is 0 Å². The summed E-state index contributed by atoms with van der Waals surface area (Å²) in [5.74, 6) is 0. The highest BCUT2D eigenvalue weighted by molar-refractivity contribution is 5.60. The van der Waals surface area contributed by atoms with Gasteiger partial charge in [-0.1, -0.05) is 42.8 Å². The van der Waals surface area contributed by atoms with Crippen molar-refractivity contribution < 1.29 is 0 Å². The molecule has 0 saturated heterocycles. The molecule has 0 aliphatic heterocycles. The molecular weight excluding hydrogens is 272 g/mol. The molecule has 0 atom stereocenters. The standard InChI is InChI=1S/C19H26N2O/c1-5-12-20-13-17-10-11-18(21(14(2)3)19(17)22)16-8-6-15(4)7-9-16/h6-11,14,20H,5,12-13H2,1-4H3. The Labute approximate surface area is 133 Å². The number of aromatic nitrogens is 1. The van der Waals surface area contributed by atoms with Crippen molar-refractivity contribution in [2.75, 3.05) is 6.54 Å². The quantitative estimate of drug-likeness (QED) is 0.821. The molecule has 0 saturated carbocycles. The number of pyridine rings is 1. The van der Waals surface area contributed by atoms with Gasteiger partial charge in [0.25, 0.3) is 5.56 Å². The number of nitrogens with zero attached hydrogens (tertiary/aromatic N) is 1. The average Bonchev–Trinajstić information content (AvgIpc) is 2.49. The summed E-state index contributed by atoms with van der Waals surface area (Å²) in [7, 11) is 0. The van der Waals surface area contributed by atoms with Crippen LogP contribution in [0.3, 0.4) is 0 Å².